The van der Waals surface area contributed by atoms with Crippen LogP contribution in [0.25, 0.3) is 0 Å². The molecule has 0 atom stereocenters. The van der Waals surface area contributed by atoms with Gasteiger partial charge in [0, 0.05) is 22.9 Å². The molecule has 0 bridgehead atoms. The van der Waals surface area contributed by atoms with Crippen molar-refractivity contribution in [3.63, 3.8) is 0 Å². The van der Waals surface area contributed by atoms with Crippen molar-refractivity contribution in [2.75, 3.05) is 29.5 Å². The predicted octanol–water partition coefficient (Wildman–Crippen LogP) is 2.81. The Hall–Kier alpha value is -2.21. The number of hydrogen-bond acceptors (Lipinski definition) is 4. The van der Waals surface area contributed by atoms with Gasteiger partial charge in [0.2, 0.25) is 5.91 Å². The number of halogens is 1. The summed E-state index contributed by atoms with van der Waals surface area (Å²) >= 11 is 3.36. The van der Waals surface area contributed by atoms with Gasteiger partial charge in [-0.05, 0) is 58.4 Å². The Kier molecular flexibility index (Phi) is 4.70. The van der Waals surface area contributed by atoms with Crippen molar-refractivity contribution >= 4 is 38.9 Å². The average Bonchev–Trinajstić information content (AvgIpc) is 2.42. The van der Waals surface area contributed by atoms with E-state index in [1.807, 2.05) is 7.05 Å². The summed E-state index contributed by atoms with van der Waals surface area (Å²) in [7, 11) is 1.81. The number of carbonyl (C=O) groups excluding carboxylic acids is 1. The van der Waals surface area contributed by atoms with Gasteiger partial charge in [-0.2, -0.15) is 0 Å². The van der Waals surface area contributed by atoms with Crippen molar-refractivity contribution < 1.29 is 9.90 Å². The normalized spacial score (nSPS) is 10.2. The average molecular weight is 350 g/mol. The van der Waals surface area contributed by atoms with Gasteiger partial charge in [-0.25, -0.2) is 0 Å². The minimum atomic E-state index is -0.143. The summed E-state index contributed by atoms with van der Waals surface area (Å²) in [4.78, 5) is 13.8. The number of nitrogens with two attached hydrogens (primary N) is 1. The maximum absolute atomic E-state index is 12.0. The summed E-state index contributed by atoms with van der Waals surface area (Å²) in [6, 6.07) is 11.9. The summed E-state index contributed by atoms with van der Waals surface area (Å²) in [6.45, 7) is 0.196. The first-order valence-corrected chi connectivity index (χ1v) is 7.10. The lowest BCUT2D eigenvalue weighted by Gasteiger charge is -2.19. The molecule has 0 radical (unpaired) electrons. The standard InChI is InChI=1S/C15H16BrN3O2/c1-19(11-3-5-12(20)6-4-11)9-15(21)18-14-7-2-10(17)8-13(14)16/h2-8,20H,9,17H2,1H3,(H,18,21). The monoisotopic (exact) mass is 349 g/mol. The lowest BCUT2D eigenvalue weighted by molar-refractivity contribution is -0.114. The van der Waals surface area contributed by atoms with Crippen molar-refractivity contribution in [3.8, 4) is 5.75 Å². The summed E-state index contributed by atoms with van der Waals surface area (Å²) in [6.07, 6.45) is 0. The molecule has 1 amide bonds. The fourth-order valence-electron chi connectivity index (χ4n) is 1.84. The Bertz CT molecular complexity index is 644. The number of hydrogen-bond donors (Lipinski definition) is 3. The Morgan fingerprint density at radius 3 is 2.57 bits per heavy atom. The van der Waals surface area contributed by atoms with E-state index >= 15 is 0 Å². The number of carbonyl (C=O) groups is 1. The molecule has 0 fully saturated rings. The van der Waals surface area contributed by atoms with Crippen LogP contribution in [0.1, 0.15) is 0 Å². The van der Waals surface area contributed by atoms with Crippen LogP contribution >= 0.6 is 15.9 Å². The van der Waals surface area contributed by atoms with Gasteiger partial charge in [-0.3, -0.25) is 4.79 Å². The van der Waals surface area contributed by atoms with Gasteiger partial charge in [-0.15, -0.1) is 0 Å². The van der Waals surface area contributed by atoms with E-state index in [9.17, 15) is 9.90 Å². The predicted molar refractivity (Wildman–Crippen MR) is 88.6 cm³/mol. The molecule has 0 saturated heterocycles. The van der Waals surface area contributed by atoms with E-state index in [4.69, 9.17) is 5.73 Å². The van der Waals surface area contributed by atoms with Crippen LogP contribution in [0.2, 0.25) is 0 Å². The molecule has 2 aromatic rings. The van der Waals surface area contributed by atoms with Gasteiger partial charge in [0.1, 0.15) is 5.75 Å². The number of phenolic OH excluding ortho intramolecular Hbond substituents is 1. The molecule has 0 aromatic heterocycles. The topological polar surface area (TPSA) is 78.6 Å². The molecule has 6 heteroatoms. The number of anilines is 3. The maximum Gasteiger partial charge on any atom is 0.243 e. The van der Waals surface area contributed by atoms with E-state index in [2.05, 4.69) is 21.2 Å². The van der Waals surface area contributed by atoms with Gasteiger partial charge in [0.15, 0.2) is 0 Å². The van der Waals surface area contributed by atoms with Gasteiger partial charge < -0.3 is 21.1 Å². The van der Waals surface area contributed by atoms with Crippen LogP contribution in [0.4, 0.5) is 17.1 Å². The third-order valence-corrected chi connectivity index (χ3v) is 3.59. The molecular formula is C15H16BrN3O2. The first kappa shape index (κ1) is 15.2. The number of amides is 1. The second kappa shape index (κ2) is 6.49. The molecule has 0 aliphatic heterocycles. The smallest absolute Gasteiger partial charge is 0.243 e. The minimum Gasteiger partial charge on any atom is -0.508 e. The van der Waals surface area contributed by atoms with Crippen molar-refractivity contribution in [1.82, 2.24) is 0 Å². The molecule has 21 heavy (non-hydrogen) atoms. The van der Waals surface area contributed by atoms with Crippen molar-refractivity contribution in [1.29, 1.82) is 0 Å². The zero-order chi connectivity index (χ0) is 15.4. The fraction of sp³-hybridized carbons (Fsp3) is 0.133. The highest BCUT2D eigenvalue weighted by molar-refractivity contribution is 9.10. The van der Waals surface area contributed by atoms with Crippen LogP contribution in [-0.2, 0) is 4.79 Å². The van der Waals surface area contributed by atoms with E-state index in [0.717, 1.165) is 10.2 Å². The van der Waals surface area contributed by atoms with E-state index < -0.39 is 0 Å². The van der Waals surface area contributed by atoms with E-state index in [0.29, 0.717) is 11.4 Å². The molecule has 2 rings (SSSR count). The number of aromatic hydroxyl groups is 1. The SMILES string of the molecule is CN(CC(=O)Nc1ccc(N)cc1Br)c1ccc(O)cc1. The largest absolute Gasteiger partial charge is 0.508 e. The van der Waals surface area contributed by atoms with Crippen LogP contribution in [0.5, 0.6) is 5.75 Å². The van der Waals surface area contributed by atoms with Gasteiger partial charge in [0.05, 0.1) is 12.2 Å². The summed E-state index contributed by atoms with van der Waals surface area (Å²) in [5.74, 6) is 0.0541. The molecule has 0 aliphatic rings. The lowest BCUT2D eigenvalue weighted by Crippen LogP contribution is -2.30. The minimum absolute atomic E-state index is 0.143. The zero-order valence-corrected chi connectivity index (χ0v) is 13.1. The highest BCUT2D eigenvalue weighted by atomic mass is 79.9. The number of likely N-dealkylation sites (N-methyl/N-ethyl adjacent to an activating group) is 1. The molecule has 0 saturated carbocycles. The number of rotatable bonds is 4. The maximum atomic E-state index is 12.0. The molecule has 110 valence electrons. The Morgan fingerprint density at radius 1 is 1.29 bits per heavy atom. The van der Waals surface area contributed by atoms with Crippen molar-refractivity contribution in [2.45, 2.75) is 0 Å². The molecule has 0 spiro atoms. The first-order valence-electron chi connectivity index (χ1n) is 6.31. The molecule has 0 unspecified atom stereocenters. The van der Waals surface area contributed by atoms with E-state index in [1.54, 1.807) is 47.4 Å². The Labute approximate surface area is 131 Å². The summed E-state index contributed by atoms with van der Waals surface area (Å²) < 4.78 is 0.739. The third-order valence-electron chi connectivity index (χ3n) is 2.94. The highest BCUT2D eigenvalue weighted by Gasteiger charge is 2.09. The first-order chi connectivity index (χ1) is 9.95. The molecule has 0 heterocycles. The van der Waals surface area contributed by atoms with E-state index in [-0.39, 0.29) is 18.2 Å². The number of phenols is 1. The van der Waals surface area contributed by atoms with Gasteiger partial charge >= 0.3 is 0 Å². The zero-order valence-electron chi connectivity index (χ0n) is 11.5. The Balaban J connectivity index is 1.99. The molecular weight excluding hydrogens is 334 g/mol. The quantitative estimate of drug-likeness (QED) is 0.741. The van der Waals surface area contributed by atoms with Crippen molar-refractivity contribution in [3.05, 3.63) is 46.9 Å². The fourth-order valence-corrected chi connectivity index (χ4v) is 2.33. The second-order valence-electron chi connectivity index (χ2n) is 4.66. The summed E-state index contributed by atoms with van der Waals surface area (Å²) in [5.41, 5.74) is 7.80. The van der Waals surface area contributed by atoms with Crippen LogP contribution in [0, 0.1) is 0 Å². The Morgan fingerprint density at radius 2 is 1.95 bits per heavy atom. The number of nitrogens with zero attached hydrogens (tertiary/aromatic N) is 1. The molecule has 4 N–H and O–H groups in total. The number of nitrogen functional groups attached to an aromatic ring is 1. The molecule has 2 aromatic carbocycles. The third kappa shape index (κ3) is 4.13. The molecule has 5 nitrogen and oxygen atoms in total. The van der Waals surface area contributed by atoms with Crippen LogP contribution in [0.3, 0.4) is 0 Å². The lowest BCUT2D eigenvalue weighted by atomic mass is 10.2. The highest BCUT2D eigenvalue weighted by Crippen LogP contribution is 2.24. The van der Waals surface area contributed by atoms with Crippen molar-refractivity contribution in [2.24, 2.45) is 0 Å². The second-order valence-corrected chi connectivity index (χ2v) is 5.51. The van der Waals surface area contributed by atoms with Gasteiger partial charge in [-0.1, -0.05) is 0 Å². The number of benzene rings is 2. The van der Waals surface area contributed by atoms with Crippen LogP contribution in [-0.4, -0.2) is 24.6 Å². The summed E-state index contributed by atoms with van der Waals surface area (Å²) in [5, 5.41) is 12.1. The van der Waals surface area contributed by atoms with Crippen LogP contribution in [0.15, 0.2) is 46.9 Å². The van der Waals surface area contributed by atoms with E-state index in [1.165, 1.54) is 0 Å². The molecule has 0 aliphatic carbocycles. The van der Waals surface area contributed by atoms with Gasteiger partial charge in [0.25, 0.3) is 0 Å². The van der Waals surface area contributed by atoms with Crippen LogP contribution < -0.4 is 16.0 Å². The number of nitrogens with one attached hydrogen (secondary N) is 1.